The van der Waals surface area contributed by atoms with Crippen LogP contribution in [0.1, 0.15) is 51.4 Å². The van der Waals surface area contributed by atoms with Crippen molar-refractivity contribution >= 4 is 55.0 Å². The van der Waals surface area contributed by atoms with Crippen molar-refractivity contribution in [3.05, 3.63) is 57.5 Å². The highest BCUT2D eigenvalue weighted by molar-refractivity contribution is 9.11. The fraction of sp³-hybridized carbons (Fsp3) is 0.364. The first-order valence-electron chi connectivity index (χ1n) is 9.65. The number of benzene rings is 2. The molecule has 0 aliphatic carbocycles. The second-order valence-corrected chi connectivity index (χ2v) is 8.39. The van der Waals surface area contributed by atoms with Gasteiger partial charge >= 0.3 is 0 Å². The highest BCUT2D eigenvalue weighted by atomic mass is 79.9. The number of nitrogens with one attached hydrogen (secondary N) is 2. The maximum absolute atomic E-state index is 12.0. The molecule has 0 saturated heterocycles. The second-order valence-electron chi connectivity index (χ2n) is 6.68. The van der Waals surface area contributed by atoms with E-state index >= 15 is 0 Å². The third-order valence-electron chi connectivity index (χ3n) is 4.35. The quantitative estimate of drug-likeness (QED) is 0.323. The van der Waals surface area contributed by atoms with Crippen molar-refractivity contribution in [2.45, 2.75) is 51.4 Å². The van der Waals surface area contributed by atoms with Crippen molar-refractivity contribution in [2.75, 3.05) is 10.6 Å². The first-order valence-corrected chi connectivity index (χ1v) is 11.2. The summed E-state index contributed by atoms with van der Waals surface area (Å²) in [6.45, 7) is 0. The van der Waals surface area contributed by atoms with E-state index in [0.29, 0.717) is 12.8 Å². The monoisotopic (exact) mass is 508 g/mol. The average Bonchev–Trinajstić information content (AvgIpc) is 2.67. The zero-order chi connectivity index (χ0) is 20.2. The summed E-state index contributed by atoms with van der Waals surface area (Å²) in [5.74, 6) is 0.103. The maximum Gasteiger partial charge on any atom is 0.224 e. The zero-order valence-electron chi connectivity index (χ0n) is 15.8. The Morgan fingerprint density at radius 3 is 1.36 bits per heavy atom. The van der Waals surface area contributed by atoms with Crippen LogP contribution in [0.25, 0.3) is 0 Å². The van der Waals surface area contributed by atoms with Crippen molar-refractivity contribution in [3.8, 4) is 0 Å². The lowest BCUT2D eigenvalue weighted by atomic mass is 10.1. The lowest BCUT2D eigenvalue weighted by Gasteiger charge is -2.07. The molecule has 2 N–H and O–H groups in total. The van der Waals surface area contributed by atoms with E-state index < -0.39 is 0 Å². The number of carbonyl (C=O) groups excluding carboxylic acids is 2. The number of hydrogen-bond acceptors (Lipinski definition) is 2. The molecule has 0 bridgehead atoms. The van der Waals surface area contributed by atoms with E-state index in [9.17, 15) is 9.59 Å². The van der Waals surface area contributed by atoms with Gasteiger partial charge in [-0.15, -0.1) is 0 Å². The molecule has 4 nitrogen and oxygen atoms in total. The van der Waals surface area contributed by atoms with Gasteiger partial charge in [0, 0.05) is 21.8 Å². The molecule has 150 valence electrons. The molecule has 0 fully saturated rings. The van der Waals surface area contributed by atoms with Crippen molar-refractivity contribution in [1.82, 2.24) is 0 Å². The number of halogens is 2. The molecule has 0 heterocycles. The summed E-state index contributed by atoms with van der Waals surface area (Å²) in [5.41, 5.74) is 1.63. The predicted octanol–water partition coefficient (Wildman–Crippen LogP) is 6.91. The van der Waals surface area contributed by atoms with Gasteiger partial charge in [0.1, 0.15) is 0 Å². The van der Waals surface area contributed by atoms with Gasteiger partial charge in [0.2, 0.25) is 11.8 Å². The number of anilines is 2. The van der Waals surface area contributed by atoms with Gasteiger partial charge in [-0.25, -0.2) is 0 Å². The van der Waals surface area contributed by atoms with Crippen LogP contribution in [0.4, 0.5) is 11.4 Å². The molecule has 0 aliphatic rings. The fourth-order valence-corrected chi connectivity index (χ4v) is 3.60. The van der Waals surface area contributed by atoms with Crippen LogP contribution in [0.2, 0.25) is 0 Å². The first kappa shape index (κ1) is 22.6. The summed E-state index contributed by atoms with van der Waals surface area (Å²) in [7, 11) is 0. The summed E-state index contributed by atoms with van der Waals surface area (Å²) < 4.78 is 1.79. The van der Waals surface area contributed by atoms with E-state index in [-0.39, 0.29) is 11.8 Å². The third-order valence-corrected chi connectivity index (χ3v) is 5.74. The second kappa shape index (κ2) is 12.7. The molecule has 0 unspecified atom stereocenters. The van der Waals surface area contributed by atoms with E-state index in [2.05, 4.69) is 42.5 Å². The third kappa shape index (κ3) is 8.57. The molecule has 0 aliphatic heterocycles. The van der Waals surface area contributed by atoms with Crippen molar-refractivity contribution in [3.63, 3.8) is 0 Å². The number of amides is 2. The molecule has 2 amide bonds. The zero-order valence-corrected chi connectivity index (χ0v) is 19.0. The summed E-state index contributed by atoms with van der Waals surface area (Å²) in [4.78, 5) is 23.9. The van der Waals surface area contributed by atoms with Crippen LogP contribution >= 0.6 is 31.9 Å². The highest BCUT2D eigenvalue weighted by Gasteiger charge is 2.06. The van der Waals surface area contributed by atoms with Gasteiger partial charge in [-0.05, 0) is 69.0 Å². The van der Waals surface area contributed by atoms with Gasteiger partial charge in [0.15, 0.2) is 0 Å². The maximum atomic E-state index is 12.0. The van der Waals surface area contributed by atoms with Gasteiger partial charge < -0.3 is 10.6 Å². The first-order chi connectivity index (χ1) is 13.6. The smallest absolute Gasteiger partial charge is 0.224 e. The van der Waals surface area contributed by atoms with E-state index in [4.69, 9.17) is 0 Å². The molecule has 0 spiro atoms. The number of rotatable bonds is 11. The number of hydrogen-bond donors (Lipinski definition) is 2. The average molecular weight is 510 g/mol. The summed E-state index contributed by atoms with van der Waals surface area (Å²) in [6.07, 6.45) is 7.10. The molecule has 2 rings (SSSR count). The highest BCUT2D eigenvalue weighted by Crippen LogP contribution is 2.22. The standard InChI is InChI=1S/C22H26Br2N2O2/c23-17-11-7-9-13-19(17)25-21(27)15-5-3-1-2-4-6-16-22(28)26-20-14-10-8-12-18(20)24/h7-14H,1-6,15-16H2,(H,25,27)(H,26,28). The predicted molar refractivity (Wildman–Crippen MR) is 122 cm³/mol. The van der Waals surface area contributed by atoms with Gasteiger partial charge in [-0.3, -0.25) is 9.59 Å². The minimum atomic E-state index is 0.0515. The topological polar surface area (TPSA) is 58.2 Å². The van der Waals surface area contributed by atoms with Gasteiger partial charge in [0.25, 0.3) is 0 Å². The van der Waals surface area contributed by atoms with Crippen molar-refractivity contribution in [2.24, 2.45) is 0 Å². The summed E-state index contributed by atoms with van der Waals surface area (Å²) in [5, 5.41) is 5.85. The molecular weight excluding hydrogens is 484 g/mol. The largest absolute Gasteiger partial charge is 0.325 e. The van der Waals surface area contributed by atoms with Crippen molar-refractivity contribution < 1.29 is 9.59 Å². The minimum Gasteiger partial charge on any atom is -0.325 e. The normalized spacial score (nSPS) is 10.5. The van der Waals surface area contributed by atoms with Crippen molar-refractivity contribution in [1.29, 1.82) is 0 Å². The van der Waals surface area contributed by atoms with E-state index in [1.165, 1.54) is 0 Å². The van der Waals surface area contributed by atoms with Gasteiger partial charge in [-0.1, -0.05) is 49.9 Å². The molecule has 2 aromatic rings. The SMILES string of the molecule is O=C(CCCCCCCCC(=O)Nc1ccccc1Br)Nc1ccccc1Br. The molecule has 2 aromatic carbocycles. The Labute approximate surface area is 183 Å². The minimum absolute atomic E-state index is 0.0515. The lowest BCUT2D eigenvalue weighted by molar-refractivity contribution is -0.117. The molecule has 6 heteroatoms. The molecular formula is C22H26Br2N2O2. The van der Waals surface area contributed by atoms with Crippen LogP contribution in [-0.2, 0) is 9.59 Å². The molecule has 0 radical (unpaired) electrons. The Bertz CT molecular complexity index is 715. The number of unbranched alkanes of at least 4 members (excludes halogenated alkanes) is 5. The summed E-state index contributed by atoms with van der Waals surface area (Å²) in [6, 6.07) is 15.2. The van der Waals surface area contributed by atoms with E-state index in [0.717, 1.165) is 58.8 Å². The van der Waals surface area contributed by atoms with Crippen LogP contribution in [0.5, 0.6) is 0 Å². The fourth-order valence-electron chi connectivity index (χ4n) is 2.83. The Balaban J connectivity index is 1.48. The molecule has 28 heavy (non-hydrogen) atoms. The van der Waals surface area contributed by atoms with Crippen LogP contribution in [0, 0.1) is 0 Å². The van der Waals surface area contributed by atoms with Crippen LogP contribution in [-0.4, -0.2) is 11.8 Å². The Kier molecular flexibility index (Phi) is 10.3. The Morgan fingerprint density at radius 1 is 0.607 bits per heavy atom. The number of carbonyl (C=O) groups is 2. The number of para-hydroxylation sites is 2. The Morgan fingerprint density at radius 2 is 0.964 bits per heavy atom. The molecule has 0 saturated carbocycles. The lowest BCUT2D eigenvalue weighted by Crippen LogP contribution is -2.11. The van der Waals surface area contributed by atoms with Crippen LogP contribution in [0.15, 0.2) is 57.5 Å². The van der Waals surface area contributed by atoms with Gasteiger partial charge in [-0.2, -0.15) is 0 Å². The summed E-state index contributed by atoms with van der Waals surface area (Å²) >= 11 is 6.86. The van der Waals surface area contributed by atoms with E-state index in [1.54, 1.807) is 0 Å². The molecule has 0 aromatic heterocycles. The molecule has 0 atom stereocenters. The van der Waals surface area contributed by atoms with E-state index in [1.807, 2.05) is 48.5 Å². The van der Waals surface area contributed by atoms with Crippen LogP contribution < -0.4 is 10.6 Å². The van der Waals surface area contributed by atoms with Gasteiger partial charge in [0.05, 0.1) is 11.4 Å². The van der Waals surface area contributed by atoms with Crippen LogP contribution in [0.3, 0.4) is 0 Å². The Hall–Kier alpha value is -1.66.